The summed E-state index contributed by atoms with van der Waals surface area (Å²) < 4.78 is 0. The molecule has 2 aliphatic rings. The highest BCUT2D eigenvalue weighted by molar-refractivity contribution is 6.05. The summed E-state index contributed by atoms with van der Waals surface area (Å²) in [4.78, 5) is 38.2. The van der Waals surface area contributed by atoms with Gasteiger partial charge in [-0.2, -0.15) is 0 Å². The Hall–Kier alpha value is -2.25. The van der Waals surface area contributed by atoms with Crippen molar-refractivity contribution in [2.75, 3.05) is 6.54 Å². The van der Waals surface area contributed by atoms with Crippen molar-refractivity contribution < 1.29 is 14.4 Å². The molecule has 3 amide bonds. The molecule has 7 nitrogen and oxygen atoms in total. The Kier molecular flexibility index (Phi) is 5.62. The Labute approximate surface area is 159 Å². The second-order valence-electron chi connectivity index (χ2n) is 7.98. The fourth-order valence-electron chi connectivity index (χ4n) is 3.80. The van der Waals surface area contributed by atoms with Gasteiger partial charge in [0.1, 0.15) is 6.04 Å². The monoisotopic (exact) mass is 372 g/mol. The van der Waals surface area contributed by atoms with Crippen molar-refractivity contribution in [1.29, 1.82) is 0 Å². The molecule has 0 aromatic heterocycles. The van der Waals surface area contributed by atoms with E-state index in [0.717, 1.165) is 24.0 Å². The molecule has 1 unspecified atom stereocenters. The van der Waals surface area contributed by atoms with Crippen LogP contribution in [0.5, 0.6) is 0 Å². The highest BCUT2D eigenvalue weighted by Crippen LogP contribution is 2.30. The van der Waals surface area contributed by atoms with Crippen LogP contribution in [-0.2, 0) is 22.7 Å². The van der Waals surface area contributed by atoms with Crippen molar-refractivity contribution in [2.24, 2.45) is 5.73 Å². The average Bonchev–Trinajstić information content (AvgIpc) is 2.96. The summed E-state index contributed by atoms with van der Waals surface area (Å²) in [7, 11) is 0. The fourth-order valence-corrected chi connectivity index (χ4v) is 3.80. The van der Waals surface area contributed by atoms with Gasteiger partial charge in [-0.1, -0.05) is 18.2 Å². The van der Waals surface area contributed by atoms with Crippen LogP contribution in [0.4, 0.5) is 0 Å². The van der Waals surface area contributed by atoms with Gasteiger partial charge in [0.2, 0.25) is 11.8 Å². The number of nitrogens with two attached hydrogens (primary N) is 1. The molecule has 1 fully saturated rings. The predicted molar refractivity (Wildman–Crippen MR) is 102 cm³/mol. The van der Waals surface area contributed by atoms with E-state index < -0.39 is 6.04 Å². The number of carbonyl (C=O) groups excluding carboxylic acids is 3. The van der Waals surface area contributed by atoms with E-state index in [1.165, 1.54) is 0 Å². The maximum atomic E-state index is 13.1. The molecule has 4 N–H and O–H groups in total. The molecule has 0 bridgehead atoms. The Balaban J connectivity index is 1.74. The number of piperidine rings is 1. The van der Waals surface area contributed by atoms with Crippen molar-refractivity contribution in [3.8, 4) is 0 Å². The minimum Gasteiger partial charge on any atom is -0.330 e. The molecule has 2 heterocycles. The maximum Gasteiger partial charge on any atom is 0.255 e. The zero-order valence-electron chi connectivity index (χ0n) is 16.0. The number of hydrogen-bond acceptors (Lipinski definition) is 5. The summed E-state index contributed by atoms with van der Waals surface area (Å²) >= 11 is 0. The fraction of sp³-hybridized carbons (Fsp3) is 0.550. The number of fused-ring (bicyclic) bond motifs is 1. The van der Waals surface area contributed by atoms with E-state index in [9.17, 15) is 14.4 Å². The lowest BCUT2D eigenvalue weighted by Crippen LogP contribution is -2.52. The number of nitrogens with zero attached hydrogens (tertiary/aromatic N) is 1. The van der Waals surface area contributed by atoms with Crippen LogP contribution in [-0.4, -0.2) is 40.7 Å². The highest BCUT2D eigenvalue weighted by atomic mass is 16.2. The molecule has 0 radical (unpaired) electrons. The molecule has 27 heavy (non-hydrogen) atoms. The van der Waals surface area contributed by atoms with E-state index >= 15 is 0 Å². The lowest BCUT2D eigenvalue weighted by atomic mass is 9.96. The molecule has 146 valence electrons. The minimum atomic E-state index is -0.579. The molecule has 1 saturated heterocycles. The van der Waals surface area contributed by atoms with Gasteiger partial charge in [-0.3, -0.25) is 19.7 Å². The van der Waals surface area contributed by atoms with Crippen molar-refractivity contribution >= 4 is 17.7 Å². The first kappa shape index (κ1) is 19.5. The minimum absolute atomic E-state index is 0.0763. The molecule has 1 aromatic rings. The van der Waals surface area contributed by atoms with Gasteiger partial charge in [0.25, 0.3) is 5.91 Å². The lowest BCUT2D eigenvalue weighted by molar-refractivity contribution is -0.136. The largest absolute Gasteiger partial charge is 0.330 e. The number of imide groups is 1. The number of nitrogens with one attached hydrogen (secondary N) is 2. The van der Waals surface area contributed by atoms with Crippen molar-refractivity contribution in [2.45, 2.75) is 64.2 Å². The maximum absolute atomic E-state index is 13.1. The second kappa shape index (κ2) is 7.78. The number of carbonyl (C=O) groups is 3. The third kappa shape index (κ3) is 4.20. The van der Waals surface area contributed by atoms with Crippen molar-refractivity contribution in [3.05, 3.63) is 34.9 Å². The molecule has 1 atom stereocenters. The topological polar surface area (TPSA) is 105 Å². The second-order valence-corrected chi connectivity index (χ2v) is 7.98. The molecular formula is C20H28N4O3. The molecule has 2 aliphatic heterocycles. The zero-order chi connectivity index (χ0) is 19.6. The SMILES string of the molecule is CC(C)(CCCN)NCc1cccc2c1C(=O)N(C1CCC(=O)NC1=O)C2. The molecular weight excluding hydrogens is 344 g/mol. The Morgan fingerprint density at radius 2 is 2.07 bits per heavy atom. The van der Waals surface area contributed by atoms with Crippen LogP contribution in [0.2, 0.25) is 0 Å². The van der Waals surface area contributed by atoms with Gasteiger partial charge < -0.3 is 16.0 Å². The quantitative estimate of drug-likeness (QED) is 0.621. The summed E-state index contributed by atoms with van der Waals surface area (Å²) in [6, 6.07) is 5.26. The van der Waals surface area contributed by atoms with Gasteiger partial charge in [0, 0.05) is 30.6 Å². The van der Waals surface area contributed by atoms with Crippen molar-refractivity contribution in [3.63, 3.8) is 0 Å². The van der Waals surface area contributed by atoms with Crippen molar-refractivity contribution in [1.82, 2.24) is 15.5 Å². The van der Waals surface area contributed by atoms with Crippen LogP contribution in [0.3, 0.4) is 0 Å². The summed E-state index contributed by atoms with van der Waals surface area (Å²) in [6.07, 6.45) is 2.54. The predicted octanol–water partition coefficient (Wildman–Crippen LogP) is 1.05. The van der Waals surface area contributed by atoms with Gasteiger partial charge in [0.05, 0.1) is 0 Å². The summed E-state index contributed by atoms with van der Waals surface area (Å²) in [6.45, 7) is 5.90. The summed E-state index contributed by atoms with van der Waals surface area (Å²) in [5.41, 5.74) is 8.09. The lowest BCUT2D eigenvalue weighted by Gasteiger charge is -2.29. The summed E-state index contributed by atoms with van der Waals surface area (Å²) in [5.74, 6) is -0.781. The first-order valence-corrected chi connectivity index (χ1v) is 9.53. The third-order valence-corrected chi connectivity index (χ3v) is 5.40. The van der Waals surface area contributed by atoms with E-state index in [-0.39, 0.29) is 29.7 Å². The van der Waals surface area contributed by atoms with Crippen LogP contribution in [0.1, 0.15) is 61.0 Å². The van der Waals surface area contributed by atoms with E-state index in [1.54, 1.807) is 4.90 Å². The Morgan fingerprint density at radius 1 is 1.30 bits per heavy atom. The van der Waals surface area contributed by atoms with E-state index in [2.05, 4.69) is 24.5 Å². The van der Waals surface area contributed by atoms with Crippen LogP contribution in [0.25, 0.3) is 0 Å². The molecule has 3 rings (SSSR count). The Morgan fingerprint density at radius 3 is 2.78 bits per heavy atom. The Bertz CT molecular complexity index is 760. The number of amides is 3. The normalized spacial score (nSPS) is 20.0. The van der Waals surface area contributed by atoms with Crippen LogP contribution < -0.4 is 16.4 Å². The molecule has 7 heteroatoms. The number of hydrogen-bond donors (Lipinski definition) is 3. The van der Waals surface area contributed by atoms with Crippen LogP contribution in [0.15, 0.2) is 18.2 Å². The zero-order valence-corrected chi connectivity index (χ0v) is 16.0. The number of benzene rings is 1. The summed E-state index contributed by atoms with van der Waals surface area (Å²) in [5, 5.41) is 5.86. The van der Waals surface area contributed by atoms with Gasteiger partial charge in [-0.05, 0) is 50.8 Å². The smallest absolute Gasteiger partial charge is 0.255 e. The number of rotatable bonds is 7. The third-order valence-electron chi connectivity index (χ3n) is 5.40. The molecule has 0 aliphatic carbocycles. The van der Waals surface area contributed by atoms with E-state index in [0.29, 0.717) is 31.6 Å². The van der Waals surface area contributed by atoms with E-state index in [4.69, 9.17) is 5.73 Å². The average molecular weight is 372 g/mol. The molecule has 0 spiro atoms. The first-order chi connectivity index (χ1) is 12.8. The van der Waals surface area contributed by atoms with Crippen LogP contribution in [0, 0.1) is 0 Å². The molecule has 0 saturated carbocycles. The molecule has 1 aromatic carbocycles. The van der Waals surface area contributed by atoms with Gasteiger partial charge in [-0.25, -0.2) is 0 Å². The standard InChI is InChI=1S/C20H28N4O3/c1-20(2,9-4-10-21)22-11-13-5-3-6-14-12-24(19(27)17(13)14)15-7-8-16(25)23-18(15)26/h3,5-6,15,22H,4,7-12,21H2,1-2H3,(H,23,25,26). The van der Waals surface area contributed by atoms with Gasteiger partial charge in [-0.15, -0.1) is 0 Å². The first-order valence-electron chi connectivity index (χ1n) is 9.53. The van der Waals surface area contributed by atoms with Crippen LogP contribution >= 0.6 is 0 Å². The van der Waals surface area contributed by atoms with E-state index in [1.807, 2.05) is 18.2 Å². The van der Waals surface area contributed by atoms with Gasteiger partial charge in [0.15, 0.2) is 0 Å². The highest BCUT2D eigenvalue weighted by Gasteiger charge is 2.40. The van der Waals surface area contributed by atoms with Gasteiger partial charge >= 0.3 is 0 Å².